The fourth-order valence-corrected chi connectivity index (χ4v) is 6.62. The van der Waals surface area contributed by atoms with Gasteiger partial charge in [0.2, 0.25) is 11.8 Å². The number of carbonyl (C=O) groups is 2. The maximum atomic E-state index is 15.4. The van der Waals surface area contributed by atoms with Crippen molar-refractivity contribution in [3.8, 4) is 16.9 Å². The fraction of sp³-hybridized carbons (Fsp3) is 0.171. The van der Waals surface area contributed by atoms with Crippen LogP contribution in [0.3, 0.4) is 0 Å². The zero-order valence-corrected chi connectivity index (χ0v) is 25.1. The van der Waals surface area contributed by atoms with Crippen LogP contribution in [0.5, 0.6) is 0 Å². The first-order chi connectivity index (χ1) is 21.3. The number of hydrogen-bond donors (Lipinski definition) is 1. The quantitative estimate of drug-likeness (QED) is 0.218. The van der Waals surface area contributed by atoms with E-state index in [2.05, 4.69) is 5.32 Å². The number of thioether (sulfide) groups is 1. The van der Waals surface area contributed by atoms with Crippen LogP contribution in [-0.4, -0.2) is 33.9 Å². The molecule has 44 heavy (non-hydrogen) atoms. The summed E-state index contributed by atoms with van der Waals surface area (Å²) in [7, 11) is 0. The second kappa shape index (κ2) is 12.5. The molecule has 0 unspecified atom stereocenters. The fourth-order valence-electron chi connectivity index (χ4n) is 5.40. The van der Waals surface area contributed by atoms with Gasteiger partial charge in [0.1, 0.15) is 24.0 Å². The zero-order valence-electron chi connectivity index (χ0n) is 24.3. The van der Waals surface area contributed by atoms with Crippen LogP contribution in [0.2, 0.25) is 0 Å². The lowest BCUT2D eigenvalue weighted by atomic mass is 9.99. The van der Waals surface area contributed by atoms with Gasteiger partial charge in [-0.2, -0.15) is 5.10 Å². The van der Waals surface area contributed by atoms with Crippen LogP contribution in [0.25, 0.3) is 16.9 Å². The van der Waals surface area contributed by atoms with E-state index in [-0.39, 0.29) is 36.4 Å². The first kappa shape index (κ1) is 29.3. The number of carbonyl (C=O) groups excluding carboxylic acids is 2. The Balaban J connectivity index is 1.53. The predicted molar refractivity (Wildman–Crippen MR) is 170 cm³/mol. The van der Waals surface area contributed by atoms with E-state index >= 15 is 4.39 Å². The first-order valence-corrected chi connectivity index (χ1v) is 15.3. The van der Waals surface area contributed by atoms with Gasteiger partial charge in [-0.25, -0.2) is 13.5 Å². The number of nitrogens with one attached hydrogen (secondary N) is 1. The summed E-state index contributed by atoms with van der Waals surface area (Å²) in [6, 6.07) is 27.9. The average Bonchev–Trinajstić information content (AvgIpc) is 3.35. The Kier molecular flexibility index (Phi) is 8.30. The number of fused-ring (bicyclic) bond motifs is 1. The number of aromatic nitrogens is 2. The van der Waals surface area contributed by atoms with E-state index in [9.17, 15) is 14.0 Å². The molecule has 0 saturated heterocycles. The maximum Gasteiger partial charge on any atom is 0.240 e. The van der Waals surface area contributed by atoms with Crippen LogP contribution in [0.4, 0.5) is 14.6 Å². The Bertz CT molecular complexity index is 1840. The number of halogens is 2. The van der Waals surface area contributed by atoms with E-state index in [0.717, 1.165) is 27.9 Å². The Labute approximate surface area is 258 Å². The summed E-state index contributed by atoms with van der Waals surface area (Å²) < 4.78 is 30.6. The molecule has 0 spiro atoms. The number of nitrogens with zero attached hydrogens (tertiary/aromatic N) is 3. The molecule has 222 valence electrons. The van der Waals surface area contributed by atoms with Crippen molar-refractivity contribution >= 4 is 29.4 Å². The molecule has 1 aliphatic heterocycles. The molecule has 0 bridgehead atoms. The second-order valence-corrected chi connectivity index (χ2v) is 11.8. The predicted octanol–water partition coefficient (Wildman–Crippen LogP) is 6.92. The molecule has 0 fully saturated rings. The number of amides is 2. The monoisotopic (exact) mass is 608 g/mol. The molecule has 0 aliphatic carbocycles. The van der Waals surface area contributed by atoms with Gasteiger partial charge in [0.25, 0.3) is 0 Å². The number of benzene rings is 4. The molecule has 1 aromatic heterocycles. The molecule has 6 nitrogen and oxygen atoms in total. The first-order valence-electron chi connectivity index (χ1n) is 14.2. The highest BCUT2D eigenvalue weighted by molar-refractivity contribution is 8.00. The standard InChI is InChI=1S/C35H30F2N4O2S/c1-22-9-8-14-29(23(22)2)41-35-32(33(39-41)25-10-4-3-5-11-25)34(27-12-6-7-13-28(27)37)44-21-31(43)40(35)20-30(42)38-19-24-15-17-26(36)18-16-24/h3-18,34H,19-21H2,1-2H3,(H,38,42)/t34-/m0/s1. The normalized spacial score (nSPS) is 14.7. The molecule has 5 aromatic rings. The molecule has 2 amide bonds. The van der Waals surface area contributed by atoms with Crippen molar-refractivity contribution in [1.29, 1.82) is 0 Å². The van der Waals surface area contributed by atoms with E-state index in [1.807, 2.05) is 62.4 Å². The van der Waals surface area contributed by atoms with Crippen LogP contribution in [-0.2, 0) is 16.1 Å². The molecule has 2 heterocycles. The summed E-state index contributed by atoms with van der Waals surface area (Å²) in [4.78, 5) is 28.8. The molecule has 1 N–H and O–H groups in total. The van der Waals surface area contributed by atoms with Crippen LogP contribution in [0.1, 0.15) is 33.1 Å². The van der Waals surface area contributed by atoms with E-state index < -0.39 is 11.2 Å². The Morgan fingerprint density at radius 1 is 0.932 bits per heavy atom. The minimum atomic E-state index is -0.573. The Hall–Kier alpha value is -4.76. The summed E-state index contributed by atoms with van der Waals surface area (Å²) in [5.41, 5.74) is 5.99. The third-order valence-electron chi connectivity index (χ3n) is 7.83. The second-order valence-electron chi connectivity index (χ2n) is 10.7. The lowest BCUT2D eigenvalue weighted by Crippen LogP contribution is -2.42. The van der Waals surface area contributed by atoms with Crippen molar-refractivity contribution in [1.82, 2.24) is 15.1 Å². The van der Waals surface area contributed by atoms with E-state index in [1.165, 1.54) is 34.9 Å². The van der Waals surface area contributed by atoms with E-state index in [1.54, 1.807) is 35.0 Å². The molecule has 0 saturated carbocycles. The van der Waals surface area contributed by atoms with E-state index in [4.69, 9.17) is 5.10 Å². The van der Waals surface area contributed by atoms with Gasteiger partial charge < -0.3 is 5.32 Å². The summed E-state index contributed by atoms with van der Waals surface area (Å²) in [6.45, 7) is 3.89. The van der Waals surface area contributed by atoms with Crippen molar-refractivity contribution in [3.05, 3.63) is 137 Å². The smallest absolute Gasteiger partial charge is 0.240 e. The van der Waals surface area contributed by atoms with Crippen LogP contribution < -0.4 is 10.2 Å². The van der Waals surface area contributed by atoms with Crippen LogP contribution in [0, 0.1) is 25.5 Å². The molecule has 9 heteroatoms. The summed E-state index contributed by atoms with van der Waals surface area (Å²) >= 11 is 1.32. The lowest BCUT2D eigenvalue weighted by Gasteiger charge is -2.24. The zero-order chi connectivity index (χ0) is 30.8. The van der Waals surface area contributed by atoms with Crippen molar-refractivity contribution in [3.63, 3.8) is 0 Å². The highest BCUT2D eigenvalue weighted by Gasteiger charge is 2.38. The van der Waals surface area contributed by atoms with Gasteiger partial charge in [-0.1, -0.05) is 72.8 Å². The van der Waals surface area contributed by atoms with Gasteiger partial charge in [0.05, 0.1) is 22.4 Å². The third kappa shape index (κ3) is 5.75. The Morgan fingerprint density at radius 2 is 1.66 bits per heavy atom. The molecular weight excluding hydrogens is 578 g/mol. The molecule has 4 aromatic carbocycles. The molecule has 6 rings (SSSR count). The SMILES string of the molecule is Cc1cccc(-n2nc(-c3ccccc3)c3c2N(CC(=O)NCc2ccc(F)cc2)C(=O)CS[C@H]3c2ccccc2F)c1C. The number of anilines is 1. The van der Waals surface area contributed by atoms with Gasteiger partial charge in [0.15, 0.2) is 0 Å². The van der Waals surface area contributed by atoms with Crippen molar-refractivity contribution in [2.75, 3.05) is 17.2 Å². The maximum absolute atomic E-state index is 15.4. The third-order valence-corrected chi connectivity index (χ3v) is 9.07. The Morgan fingerprint density at radius 3 is 2.41 bits per heavy atom. The van der Waals surface area contributed by atoms with Gasteiger partial charge in [-0.15, -0.1) is 11.8 Å². The van der Waals surface area contributed by atoms with Gasteiger partial charge in [-0.05, 0) is 54.8 Å². The van der Waals surface area contributed by atoms with Gasteiger partial charge in [-0.3, -0.25) is 14.5 Å². The summed E-state index contributed by atoms with van der Waals surface area (Å²) in [5.74, 6) is -0.972. The number of rotatable bonds is 7. The largest absolute Gasteiger partial charge is 0.350 e. The van der Waals surface area contributed by atoms with Crippen LogP contribution >= 0.6 is 11.8 Å². The number of aryl methyl sites for hydroxylation is 1. The minimum Gasteiger partial charge on any atom is -0.350 e. The summed E-state index contributed by atoms with van der Waals surface area (Å²) in [5, 5.41) is 7.38. The van der Waals surface area contributed by atoms with Gasteiger partial charge >= 0.3 is 0 Å². The highest BCUT2D eigenvalue weighted by atomic mass is 32.2. The topological polar surface area (TPSA) is 67.2 Å². The average molecular weight is 609 g/mol. The van der Waals surface area contributed by atoms with Crippen molar-refractivity contribution in [2.45, 2.75) is 25.6 Å². The molecular formula is C35H30F2N4O2S. The molecule has 1 aliphatic rings. The molecule has 0 radical (unpaired) electrons. The summed E-state index contributed by atoms with van der Waals surface area (Å²) in [6.07, 6.45) is 0. The van der Waals surface area contributed by atoms with Crippen LogP contribution in [0.15, 0.2) is 97.1 Å². The number of hydrogen-bond acceptors (Lipinski definition) is 4. The highest BCUT2D eigenvalue weighted by Crippen LogP contribution is 2.49. The molecule has 1 atom stereocenters. The van der Waals surface area contributed by atoms with Crippen molar-refractivity contribution < 1.29 is 18.4 Å². The van der Waals surface area contributed by atoms with E-state index in [0.29, 0.717) is 22.6 Å². The lowest BCUT2D eigenvalue weighted by molar-refractivity contribution is -0.123. The van der Waals surface area contributed by atoms with Crippen molar-refractivity contribution in [2.24, 2.45) is 0 Å². The minimum absolute atomic E-state index is 0.0277. The van der Waals surface area contributed by atoms with Gasteiger partial charge in [0, 0.05) is 23.2 Å².